The van der Waals surface area contributed by atoms with Gasteiger partial charge in [0.25, 0.3) is 0 Å². The maximum Gasteiger partial charge on any atom is 0.218 e. The Morgan fingerprint density at radius 3 is 1.48 bits per heavy atom. The molecule has 0 aliphatic carbocycles. The van der Waals surface area contributed by atoms with Gasteiger partial charge in [0.15, 0.2) is 0 Å². The molecule has 0 aliphatic heterocycles. The third kappa shape index (κ3) is 15.2. The second-order valence-electron chi connectivity index (χ2n) is 5.92. The monoisotopic (exact) mass is 298 g/mol. The summed E-state index contributed by atoms with van der Waals surface area (Å²) < 4.78 is 0. The Bertz CT molecular complexity index is 264. The van der Waals surface area contributed by atoms with Crippen molar-refractivity contribution in [2.24, 2.45) is 0 Å². The summed E-state index contributed by atoms with van der Waals surface area (Å²) in [5.74, 6) is -0.193. The van der Waals surface area contributed by atoms with Crippen LogP contribution in [0.15, 0.2) is 0 Å². The van der Waals surface area contributed by atoms with Gasteiger partial charge in [0.05, 0.1) is 0 Å². The SMILES string of the molecule is CCCCCCCCCCCCC(NC(C)=O)NC(C)=O. The number of hydrogen-bond acceptors (Lipinski definition) is 2. The van der Waals surface area contributed by atoms with Crippen LogP contribution in [-0.2, 0) is 9.59 Å². The topological polar surface area (TPSA) is 58.2 Å². The van der Waals surface area contributed by atoms with E-state index in [4.69, 9.17) is 0 Å². The van der Waals surface area contributed by atoms with Crippen LogP contribution < -0.4 is 10.6 Å². The molecule has 0 aromatic rings. The van der Waals surface area contributed by atoms with Crippen molar-refractivity contribution < 1.29 is 9.59 Å². The quantitative estimate of drug-likeness (QED) is 0.400. The zero-order chi connectivity index (χ0) is 15.9. The Morgan fingerprint density at radius 2 is 1.10 bits per heavy atom. The lowest BCUT2D eigenvalue weighted by molar-refractivity contribution is -0.122. The minimum atomic E-state index is -0.214. The molecule has 4 nitrogen and oxygen atoms in total. The van der Waals surface area contributed by atoms with Gasteiger partial charge in [-0.3, -0.25) is 9.59 Å². The van der Waals surface area contributed by atoms with E-state index >= 15 is 0 Å². The fraction of sp³-hybridized carbons (Fsp3) is 0.882. The molecule has 0 saturated carbocycles. The van der Waals surface area contributed by atoms with Gasteiger partial charge in [0.2, 0.25) is 11.8 Å². The molecule has 0 atom stereocenters. The second-order valence-corrected chi connectivity index (χ2v) is 5.92. The maximum absolute atomic E-state index is 11.1. The molecule has 0 radical (unpaired) electrons. The van der Waals surface area contributed by atoms with Gasteiger partial charge in [-0.1, -0.05) is 64.7 Å². The minimum absolute atomic E-state index is 0.0965. The molecule has 0 heterocycles. The molecule has 0 spiro atoms. The second kappa shape index (κ2) is 13.9. The van der Waals surface area contributed by atoms with Crippen molar-refractivity contribution in [1.82, 2.24) is 10.6 Å². The maximum atomic E-state index is 11.1. The summed E-state index contributed by atoms with van der Waals surface area (Å²) in [6.07, 6.45) is 13.5. The van der Waals surface area contributed by atoms with Crippen molar-refractivity contribution in [1.29, 1.82) is 0 Å². The number of amides is 2. The summed E-state index contributed by atoms with van der Waals surface area (Å²) in [4.78, 5) is 22.1. The van der Waals surface area contributed by atoms with E-state index in [1.807, 2.05) is 0 Å². The van der Waals surface area contributed by atoms with E-state index in [9.17, 15) is 9.59 Å². The predicted molar refractivity (Wildman–Crippen MR) is 87.9 cm³/mol. The van der Waals surface area contributed by atoms with Crippen LogP contribution in [0.2, 0.25) is 0 Å². The average Bonchev–Trinajstić information content (AvgIpc) is 2.39. The zero-order valence-corrected chi connectivity index (χ0v) is 14.2. The van der Waals surface area contributed by atoms with Gasteiger partial charge in [-0.15, -0.1) is 0 Å². The molecule has 2 amide bonds. The fourth-order valence-corrected chi connectivity index (χ4v) is 2.51. The summed E-state index contributed by atoms with van der Waals surface area (Å²) in [5.41, 5.74) is 0. The first-order valence-corrected chi connectivity index (χ1v) is 8.60. The third-order valence-electron chi connectivity index (χ3n) is 3.60. The first-order valence-electron chi connectivity index (χ1n) is 8.60. The molecule has 0 aromatic heterocycles. The van der Waals surface area contributed by atoms with Crippen LogP contribution in [0.4, 0.5) is 0 Å². The lowest BCUT2D eigenvalue weighted by Crippen LogP contribution is -2.46. The highest BCUT2D eigenvalue weighted by atomic mass is 16.2. The van der Waals surface area contributed by atoms with Gasteiger partial charge in [-0.2, -0.15) is 0 Å². The molecule has 0 bridgehead atoms. The molecule has 4 heteroatoms. The van der Waals surface area contributed by atoms with Crippen LogP contribution in [0, 0.1) is 0 Å². The van der Waals surface area contributed by atoms with Crippen LogP contribution in [-0.4, -0.2) is 18.0 Å². The minimum Gasteiger partial charge on any atom is -0.336 e. The van der Waals surface area contributed by atoms with E-state index in [-0.39, 0.29) is 18.0 Å². The summed E-state index contributed by atoms with van der Waals surface area (Å²) in [7, 11) is 0. The van der Waals surface area contributed by atoms with Gasteiger partial charge in [-0.05, 0) is 12.8 Å². The summed E-state index contributed by atoms with van der Waals surface area (Å²) in [6, 6.07) is 0. The van der Waals surface area contributed by atoms with Crippen molar-refractivity contribution in [3.8, 4) is 0 Å². The molecule has 0 unspecified atom stereocenters. The van der Waals surface area contributed by atoms with Crippen LogP contribution in [0.25, 0.3) is 0 Å². The molecule has 0 saturated heterocycles. The van der Waals surface area contributed by atoms with E-state index < -0.39 is 0 Å². The van der Waals surface area contributed by atoms with Crippen LogP contribution in [0.1, 0.15) is 91.4 Å². The average molecular weight is 298 g/mol. The van der Waals surface area contributed by atoms with Crippen LogP contribution in [0.5, 0.6) is 0 Å². The fourth-order valence-electron chi connectivity index (χ4n) is 2.51. The Labute approximate surface area is 130 Å². The Hall–Kier alpha value is -1.06. The molecular formula is C17H34N2O2. The van der Waals surface area contributed by atoms with Crippen molar-refractivity contribution in [3.05, 3.63) is 0 Å². The zero-order valence-electron chi connectivity index (χ0n) is 14.2. The summed E-state index contributed by atoms with van der Waals surface area (Å²) in [5, 5.41) is 5.54. The van der Waals surface area contributed by atoms with E-state index in [0.717, 1.165) is 12.8 Å². The highest BCUT2D eigenvalue weighted by molar-refractivity contribution is 5.76. The van der Waals surface area contributed by atoms with Gasteiger partial charge >= 0.3 is 0 Å². The molecule has 0 aromatic carbocycles. The number of carbonyl (C=O) groups excluding carboxylic acids is 2. The standard InChI is InChI=1S/C17H34N2O2/c1-4-5-6-7-8-9-10-11-12-13-14-17(18-15(2)20)19-16(3)21/h17H,4-14H2,1-3H3,(H,18,20)(H,19,21). The van der Waals surface area contributed by atoms with Gasteiger partial charge in [-0.25, -0.2) is 0 Å². The van der Waals surface area contributed by atoms with E-state index in [1.165, 1.54) is 71.6 Å². The number of unbranched alkanes of at least 4 members (excludes halogenated alkanes) is 9. The third-order valence-corrected chi connectivity index (χ3v) is 3.60. The van der Waals surface area contributed by atoms with Crippen molar-refractivity contribution >= 4 is 11.8 Å². The van der Waals surface area contributed by atoms with E-state index in [1.54, 1.807) is 0 Å². The molecule has 0 fully saturated rings. The number of carbonyl (C=O) groups is 2. The van der Waals surface area contributed by atoms with E-state index in [0.29, 0.717) is 0 Å². The lowest BCUT2D eigenvalue weighted by atomic mass is 10.1. The molecule has 2 N–H and O–H groups in total. The van der Waals surface area contributed by atoms with Gasteiger partial charge in [0.1, 0.15) is 6.17 Å². The molecule has 124 valence electrons. The summed E-state index contributed by atoms with van der Waals surface area (Å²) >= 11 is 0. The van der Waals surface area contributed by atoms with Crippen LogP contribution >= 0.6 is 0 Å². The summed E-state index contributed by atoms with van der Waals surface area (Å²) in [6.45, 7) is 5.20. The lowest BCUT2D eigenvalue weighted by Gasteiger charge is -2.18. The van der Waals surface area contributed by atoms with Gasteiger partial charge < -0.3 is 10.6 Å². The normalized spacial score (nSPS) is 10.7. The number of nitrogens with one attached hydrogen (secondary N) is 2. The first-order chi connectivity index (χ1) is 10.1. The van der Waals surface area contributed by atoms with Crippen molar-refractivity contribution in [2.75, 3.05) is 0 Å². The molecule has 0 aliphatic rings. The highest BCUT2D eigenvalue weighted by Gasteiger charge is 2.09. The van der Waals surface area contributed by atoms with Crippen molar-refractivity contribution in [3.63, 3.8) is 0 Å². The number of rotatable bonds is 13. The Morgan fingerprint density at radius 1 is 0.714 bits per heavy atom. The van der Waals surface area contributed by atoms with Crippen LogP contribution in [0.3, 0.4) is 0 Å². The number of hydrogen-bond donors (Lipinski definition) is 2. The largest absolute Gasteiger partial charge is 0.336 e. The van der Waals surface area contributed by atoms with Crippen molar-refractivity contribution in [2.45, 2.75) is 97.6 Å². The predicted octanol–water partition coefficient (Wildman–Crippen LogP) is 3.90. The molecule has 21 heavy (non-hydrogen) atoms. The van der Waals surface area contributed by atoms with Gasteiger partial charge in [0, 0.05) is 13.8 Å². The Balaban J connectivity index is 3.48. The first kappa shape index (κ1) is 19.9. The molecule has 0 rings (SSSR count). The Kier molecular flexibility index (Phi) is 13.2. The smallest absolute Gasteiger partial charge is 0.218 e. The van der Waals surface area contributed by atoms with E-state index in [2.05, 4.69) is 17.6 Å². The molecular weight excluding hydrogens is 264 g/mol. The highest BCUT2D eigenvalue weighted by Crippen LogP contribution is 2.11.